The molecular weight excluding hydrogens is 518 g/mol. The van der Waals surface area contributed by atoms with E-state index in [9.17, 15) is 19.2 Å². The van der Waals surface area contributed by atoms with Crippen molar-refractivity contribution in [1.29, 1.82) is 0 Å². The third-order valence-corrected chi connectivity index (χ3v) is 7.33. The highest BCUT2D eigenvalue weighted by Gasteiger charge is 2.24. The number of nitrogens with zero attached hydrogens (tertiary/aromatic N) is 4. The summed E-state index contributed by atoms with van der Waals surface area (Å²) in [5, 5.41) is 5.95. The topological polar surface area (TPSA) is 131 Å². The van der Waals surface area contributed by atoms with E-state index in [4.69, 9.17) is 22.1 Å². The summed E-state index contributed by atoms with van der Waals surface area (Å²) in [6, 6.07) is 9.10. The zero-order valence-corrected chi connectivity index (χ0v) is 22.4. The fourth-order valence-corrected chi connectivity index (χ4v) is 5.22. The minimum Gasteiger partial charge on any atom is -0.453 e. The molecule has 12 heteroatoms. The summed E-state index contributed by atoms with van der Waals surface area (Å²) in [6.45, 7) is 5.54. The van der Waals surface area contributed by atoms with Crippen LogP contribution in [0.1, 0.15) is 45.1 Å². The standard InChI is InChI=1S/C25H26ClN5O5S/c1-13(2)10-30-21(27)20(22(33)29(4)25(30)35)18(32)12-36-24(34)19-9-16-14(3)28-31(23(16)37-19)11-15-7-5-6-8-17(15)26/h5-9,13H,10-12,27H2,1-4H3. The molecule has 2 N–H and O–H groups in total. The molecule has 0 fully saturated rings. The summed E-state index contributed by atoms with van der Waals surface area (Å²) in [5.41, 5.74) is 5.83. The molecule has 0 aliphatic rings. The lowest BCUT2D eigenvalue weighted by Gasteiger charge is -2.16. The second-order valence-corrected chi connectivity index (χ2v) is 10.5. The van der Waals surface area contributed by atoms with Gasteiger partial charge in [0.25, 0.3) is 5.56 Å². The summed E-state index contributed by atoms with van der Waals surface area (Å²) < 4.78 is 9.01. The van der Waals surface area contributed by atoms with Crippen LogP contribution in [0.25, 0.3) is 10.2 Å². The van der Waals surface area contributed by atoms with Crippen molar-refractivity contribution in [1.82, 2.24) is 18.9 Å². The molecule has 0 unspecified atom stereocenters. The number of aryl methyl sites for hydroxylation is 1. The molecule has 4 rings (SSSR count). The van der Waals surface area contributed by atoms with Gasteiger partial charge in [-0.15, -0.1) is 11.3 Å². The first-order valence-corrected chi connectivity index (χ1v) is 12.7. The van der Waals surface area contributed by atoms with Crippen LogP contribution in [0.2, 0.25) is 5.02 Å². The SMILES string of the molecule is Cc1nn(Cc2ccccc2Cl)c2sc(C(=O)OCC(=O)c3c(N)n(CC(C)C)c(=O)n(C)c3=O)cc12. The molecule has 10 nitrogen and oxygen atoms in total. The van der Waals surface area contributed by atoms with E-state index in [-0.39, 0.29) is 28.7 Å². The molecule has 0 saturated carbocycles. The number of carbonyl (C=O) groups is 2. The molecule has 4 aromatic rings. The molecular formula is C25H26ClN5O5S. The Hall–Kier alpha value is -3.70. The summed E-state index contributed by atoms with van der Waals surface area (Å²) in [4.78, 5) is 51.8. The van der Waals surface area contributed by atoms with Gasteiger partial charge in [0.1, 0.15) is 21.1 Å². The maximum absolute atomic E-state index is 12.9. The number of nitrogens with two attached hydrogens (primary N) is 1. The first-order valence-electron chi connectivity index (χ1n) is 11.5. The molecule has 3 aromatic heterocycles. The van der Waals surface area contributed by atoms with E-state index in [0.29, 0.717) is 11.6 Å². The average Bonchev–Trinajstić information content (AvgIpc) is 3.41. The van der Waals surface area contributed by atoms with E-state index in [1.165, 1.54) is 23.0 Å². The highest BCUT2D eigenvalue weighted by Crippen LogP contribution is 2.30. The maximum atomic E-state index is 12.9. The number of anilines is 1. The molecule has 0 aliphatic heterocycles. The lowest BCUT2D eigenvalue weighted by atomic mass is 10.1. The number of esters is 1. The van der Waals surface area contributed by atoms with E-state index in [1.807, 2.05) is 39.0 Å². The summed E-state index contributed by atoms with van der Waals surface area (Å²) in [5.74, 6) is -1.70. The molecule has 0 amide bonds. The molecule has 3 heterocycles. The number of halogens is 1. The number of nitrogen functional groups attached to an aromatic ring is 1. The Morgan fingerprint density at radius 3 is 2.59 bits per heavy atom. The number of ether oxygens (including phenoxy) is 1. The van der Waals surface area contributed by atoms with Crippen LogP contribution in [0.4, 0.5) is 5.82 Å². The zero-order valence-electron chi connectivity index (χ0n) is 20.8. The first kappa shape index (κ1) is 26.4. The van der Waals surface area contributed by atoms with Crippen molar-refractivity contribution in [3.8, 4) is 0 Å². The van der Waals surface area contributed by atoms with E-state index in [0.717, 1.165) is 26.0 Å². The van der Waals surface area contributed by atoms with Crippen LogP contribution < -0.4 is 17.0 Å². The minimum absolute atomic E-state index is 0.0449. The lowest BCUT2D eigenvalue weighted by molar-refractivity contribution is 0.0479. The average molecular weight is 544 g/mol. The van der Waals surface area contributed by atoms with Crippen LogP contribution in [0, 0.1) is 12.8 Å². The number of carbonyl (C=O) groups excluding carboxylic acids is 2. The Kier molecular flexibility index (Phi) is 7.37. The number of hydrogen-bond acceptors (Lipinski definition) is 8. The maximum Gasteiger partial charge on any atom is 0.348 e. The Morgan fingerprint density at radius 2 is 1.92 bits per heavy atom. The number of hydrogen-bond donors (Lipinski definition) is 1. The molecule has 0 saturated heterocycles. The predicted molar refractivity (Wildman–Crippen MR) is 143 cm³/mol. The molecule has 0 bridgehead atoms. The minimum atomic E-state index is -0.833. The molecule has 194 valence electrons. The third kappa shape index (κ3) is 5.09. The van der Waals surface area contributed by atoms with Crippen LogP contribution in [-0.4, -0.2) is 37.3 Å². The van der Waals surface area contributed by atoms with Gasteiger partial charge in [-0.2, -0.15) is 5.10 Å². The van der Waals surface area contributed by atoms with Crippen molar-refractivity contribution in [2.45, 2.75) is 33.9 Å². The molecule has 37 heavy (non-hydrogen) atoms. The van der Waals surface area contributed by atoms with Crippen molar-refractivity contribution in [2.75, 3.05) is 12.3 Å². The van der Waals surface area contributed by atoms with Gasteiger partial charge in [0.2, 0.25) is 5.78 Å². The number of benzene rings is 1. The van der Waals surface area contributed by atoms with Gasteiger partial charge in [0, 0.05) is 24.0 Å². The van der Waals surface area contributed by atoms with Crippen molar-refractivity contribution in [3.05, 3.63) is 77.9 Å². The quantitative estimate of drug-likeness (QED) is 0.266. The van der Waals surface area contributed by atoms with Gasteiger partial charge in [-0.1, -0.05) is 43.6 Å². The van der Waals surface area contributed by atoms with Gasteiger partial charge >= 0.3 is 11.7 Å². The normalized spacial score (nSPS) is 11.4. The van der Waals surface area contributed by atoms with Crippen molar-refractivity contribution in [2.24, 2.45) is 13.0 Å². The smallest absolute Gasteiger partial charge is 0.348 e. The largest absolute Gasteiger partial charge is 0.453 e. The second-order valence-electron chi connectivity index (χ2n) is 9.07. The number of ketones is 1. The Labute approximate surface area is 220 Å². The summed E-state index contributed by atoms with van der Waals surface area (Å²) in [6.07, 6.45) is 0. The fraction of sp³-hybridized carbons (Fsp3) is 0.320. The van der Waals surface area contributed by atoms with Gasteiger partial charge in [0.05, 0.1) is 12.2 Å². The van der Waals surface area contributed by atoms with E-state index < -0.39 is 29.6 Å². The first-order chi connectivity index (χ1) is 17.5. The number of thiophene rings is 1. The van der Waals surface area contributed by atoms with Crippen molar-refractivity contribution in [3.63, 3.8) is 0 Å². The molecule has 0 aliphatic carbocycles. The highest BCUT2D eigenvalue weighted by molar-refractivity contribution is 7.20. The Balaban J connectivity index is 1.56. The van der Waals surface area contributed by atoms with Crippen molar-refractivity contribution >= 4 is 50.7 Å². The highest BCUT2D eigenvalue weighted by atomic mass is 35.5. The van der Waals surface area contributed by atoms with E-state index in [1.54, 1.807) is 16.8 Å². The van der Waals surface area contributed by atoms with Crippen LogP contribution in [0.3, 0.4) is 0 Å². The van der Waals surface area contributed by atoms with E-state index in [2.05, 4.69) is 5.10 Å². The summed E-state index contributed by atoms with van der Waals surface area (Å²) >= 11 is 7.47. The van der Waals surface area contributed by atoms with Gasteiger partial charge < -0.3 is 10.5 Å². The van der Waals surface area contributed by atoms with Crippen LogP contribution in [0.15, 0.2) is 39.9 Å². The van der Waals surface area contributed by atoms with Crippen LogP contribution in [0.5, 0.6) is 0 Å². The molecule has 0 radical (unpaired) electrons. The molecule has 1 aromatic carbocycles. The monoisotopic (exact) mass is 543 g/mol. The molecule has 0 atom stereocenters. The second kappa shape index (κ2) is 10.3. The predicted octanol–water partition coefficient (Wildman–Crippen LogP) is 3.25. The van der Waals surface area contributed by atoms with Gasteiger partial charge in [-0.3, -0.25) is 23.4 Å². The Bertz CT molecular complexity index is 1650. The Morgan fingerprint density at radius 1 is 1.22 bits per heavy atom. The van der Waals surface area contributed by atoms with Gasteiger partial charge in [-0.25, -0.2) is 9.59 Å². The van der Waals surface area contributed by atoms with Crippen LogP contribution >= 0.6 is 22.9 Å². The van der Waals surface area contributed by atoms with Crippen molar-refractivity contribution < 1.29 is 14.3 Å². The van der Waals surface area contributed by atoms with Crippen LogP contribution in [-0.2, 0) is 24.9 Å². The number of rotatable bonds is 8. The van der Waals surface area contributed by atoms with E-state index >= 15 is 0 Å². The third-order valence-electron chi connectivity index (χ3n) is 5.83. The number of Topliss-reactive ketones (excluding diaryl/α,β-unsaturated/α-hetero) is 1. The van der Waals surface area contributed by atoms with Gasteiger partial charge in [-0.05, 0) is 30.5 Å². The number of fused-ring (bicyclic) bond motifs is 1. The fourth-order valence-electron chi connectivity index (χ4n) is 3.97. The lowest BCUT2D eigenvalue weighted by Crippen LogP contribution is -2.43. The molecule has 0 spiro atoms. The zero-order chi connectivity index (χ0) is 27.0. The van der Waals surface area contributed by atoms with Gasteiger partial charge in [0.15, 0.2) is 6.61 Å². The summed E-state index contributed by atoms with van der Waals surface area (Å²) in [7, 11) is 1.27. The number of aromatic nitrogens is 4.